The molecule has 1 aromatic rings. The number of hydrogen-bond acceptors (Lipinski definition) is 5. The molecule has 0 bridgehead atoms. The van der Waals surface area contributed by atoms with Gasteiger partial charge < -0.3 is 9.84 Å². The van der Waals surface area contributed by atoms with Crippen molar-refractivity contribution in [3.8, 4) is 0 Å². The Bertz CT molecular complexity index is 592. The Kier molecular flexibility index (Phi) is 5.09. The Hall–Kier alpha value is -1.92. The molecular formula is C14H16ClNO5. The van der Waals surface area contributed by atoms with E-state index in [1.165, 1.54) is 12.1 Å². The maximum absolute atomic E-state index is 11.8. The summed E-state index contributed by atoms with van der Waals surface area (Å²) in [5.74, 6) is -0.794. The summed E-state index contributed by atoms with van der Waals surface area (Å²) in [7, 11) is 0. The van der Waals surface area contributed by atoms with E-state index in [4.69, 9.17) is 16.3 Å². The van der Waals surface area contributed by atoms with E-state index in [-0.39, 0.29) is 21.8 Å². The number of rotatable bonds is 4. The number of non-ortho nitro benzene ring substituents is 1. The predicted octanol–water partition coefficient (Wildman–Crippen LogP) is 3.18. The van der Waals surface area contributed by atoms with Gasteiger partial charge in [-0.3, -0.25) is 10.1 Å². The second-order valence-corrected chi connectivity index (χ2v) is 5.80. The number of carbonyl (C=O) groups is 1. The first-order valence-electron chi connectivity index (χ1n) is 6.07. The van der Waals surface area contributed by atoms with Crippen LogP contribution < -0.4 is 0 Å². The third kappa shape index (κ3) is 4.54. The summed E-state index contributed by atoms with van der Waals surface area (Å²) in [5.41, 5.74) is -1.20. The Morgan fingerprint density at radius 2 is 2.05 bits per heavy atom. The molecule has 0 fully saturated rings. The van der Waals surface area contributed by atoms with Crippen LogP contribution in [0.15, 0.2) is 30.4 Å². The number of aliphatic hydroxyl groups excluding tert-OH is 1. The van der Waals surface area contributed by atoms with Gasteiger partial charge in [0.1, 0.15) is 11.7 Å². The zero-order chi connectivity index (χ0) is 16.4. The molecule has 0 aliphatic carbocycles. The van der Waals surface area contributed by atoms with E-state index in [1.807, 2.05) is 0 Å². The van der Waals surface area contributed by atoms with Gasteiger partial charge in [-0.25, -0.2) is 4.79 Å². The van der Waals surface area contributed by atoms with E-state index >= 15 is 0 Å². The summed E-state index contributed by atoms with van der Waals surface area (Å²) in [6, 6.07) is 3.58. The average molecular weight is 314 g/mol. The molecule has 0 aromatic heterocycles. The number of nitro benzene ring substituents is 1. The van der Waals surface area contributed by atoms with Crippen molar-refractivity contribution in [1.29, 1.82) is 0 Å². The van der Waals surface area contributed by atoms with Crippen LogP contribution in [0.25, 0.3) is 0 Å². The molecular weight excluding hydrogens is 298 g/mol. The van der Waals surface area contributed by atoms with Crippen molar-refractivity contribution in [2.24, 2.45) is 0 Å². The molecule has 114 valence electrons. The zero-order valence-corrected chi connectivity index (χ0v) is 12.7. The Balaban J connectivity index is 3.05. The lowest BCUT2D eigenvalue weighted by Gasteiger charge is -2.22. The van der Waals surface area contributed by atoms with Crippen LogP contribution >= 0.6 is 11.6 Å². The second kappa shape index (κ2) is 6.24. The molecule has 0 saturated heterocycles. The van der Waals surface area contributed by atoms with E-state index in [0.29, 0.717) is 0 Å². The fourth-order valence-corrected chi connectivity index (χ4v) is 1.72. The van der Waals surface area contributed by atoms with Crippen LogP contribution in [0.4, 0.5) is 5.69 Å². The van der Waals surface area contributed by atoms with Crippen LogP contribution in [0.1, 0.15) is 32.4 Å². The van der Waals surface area contributed by atoms with Crippen molar-refractivity contribution < 1.29 is 19.6 Å². The van der Waals surface area contributed by atoms with Crippen LogP contribution in [0.5, 0.6) is 0 Å². The number of halogens is 1. The number of hydrogen-bond donors (Lipinski definition) is 1. The smallest absolute Gasteiger partial charge is 0.336 e. The Morgan fingerprint density at radius 3 is 2.52 bits per heavy atom. The molecule has 0 heterocycles. The minimum atomic E-state index is -1.48. The number of carbonyl (C=O) groups excluding carboxylic acids is 1. The summed E-state index contributed by atoms with van der Waals surface area (Å²) in [6.07, 6.45) is -1.48. The fraction of sp³-hybridized carbons (Fsp3) is 0.357. The standard InChI is InChI=1S/C14H16ClNO5/c1-8(13(18)21-14(2,3)4)12(17)10-7-9(16(19)20)5-6-11(10)15/h5-7,12,17H,1H2,2-4H3. The minimum Gasteiger partial charge on any atom is -0.457 e. The maximum atomic E-state index is 11.8. The molecule has 1 atom stereocenters. The highest BCUT2D eigenvalue weighted by atomic mass is 35.5. The molecule has 21 heavy (non-hydrogen) atoms. The van der Waals surface area contributed by atoms with Crippen molar-refractivity contribution in [3.63, 3.8) is 0 Å². The topological polar surface area (TPSA) is 89.7 Å². The van der Waals surface area contributed by atoms with Crippen molar-refractivity contribution >= 4 is 23.3 Å². The lowest BCUT2D eigenvalue weighted by molar-refractivity contribution is -0.385. The van der Waals surface area contributed by atoms with Gasteiger partial charge in [0.25, 0.3) is 5.69 Å². The first-order valence-corrected chi connectivity index (χ1v) is 6.45. The Labute approximate surface area is 127 Å². The highest BCUT2D eigenvalue weighted by molar-refractivity contribution is 6.31. The fourth-order valence-electron chi connectivity index (χ4n) is 1.50. The molecule has 0 aliphatic heterocycles. The van der Waals surface area contributed by atoms with Gasteiger partial charge in [0, 0.05) is 22.7 Å². The van der Waals surface area contributed by atoms with Gasteiger partial charge in [-0.1, -0.05) is 18.2 Å². The van der Waals surface area contributed by atoms with E-state index in [9.17, 15) is 20.0 Å². The highest BCUT2D eigenvalue weighted by Gasteiger charge is 2.26. The third-order valence-electron chi connectivity index (χ3n) is 2.48. The van der Waals surface area contributed by atoms with E-state index in [1.54, 1.807) is 20.8 Å². The molecule has 1 rings (SSSR count). The van der Waals surface area contributed by atoms with Gasteiger partial charge in [0.05, 0.1) is 10.5 Å². The molecule has 0 spiro atoms. The first kappa shape index (κ1) is 17.1. The molecule has 1 unspecified atom stereocenters. The third-order valence-corrected chi connectivity index (χ3v) is 2.82. The normalized spacial score (nSPS) is 12.6. The van der Waals surface area contributed by atoms with E-state index in [2.05, 4.69) is 6.58 Å². The number of esters is 1. The molecule has 7 heteroatoms. The van der Waals surface area contributed by atoms with Crippen LogP contribution in [-0.2, 0) is 9.53 Å². The van der Waals surface area contributed by atoms with Crippen LogP contribution in [0, 0.1) is 10.1 Å². The van der Waals surface area contributed by atoms with Crippen molar-refractivity contribution in [2.75, 3.05) is 0 Å². The van der Waals surface area contributed by atoms with Crippen LogP contribution in [0.3, 0.4) is 0 Å². The molecule has 1 N–H and O–H groups in total. The summed E-state index contributed by atoms with van der Waals surface area (Å²) >= 11 is 5.90. The maximum Gasteiger partial charge on any atom is 0.336 e. The average Bonchev–Trinajstić information content (AvgIpc) is 2.35. The molecule has 0 amide bonds. The van der Waals surface area contributed by atoms with Gasteiger partial charge in [0.15, 0.2) is 0 Å². The predicted molar refractivity (Wildman–Crippen MR) is 78.1 cm³/mol. The van der Waals surface area contributed by atoms with E-state index < -0.39 is 22.6 Å². The quantitative estimate of drug-likeness (QED) is 0.399. The number of nitrogens with zero attached hydrogens (tertiary/aromatic N) is 1. The number of aliphatic hydroxyl groups is 1. The first-order chi connectivity index (χ1) is 9.53. The summed E-state index contributed by atoms with van der Waals surface area (Å²) in [6.45, 7) is 8.49. The second-order valence-electron chi connectivity index (χ2n) is 5.39. The van der Waals surface area contributed by atoms with Crippen molar-refractivity contribution in [2.45, 2.75) is 32.5 Å². The highest BCUT2D eigenvalue weighted by Crippen LogP contribution is 2.31. The molecule has 0 saturated carbocycles. The summed E-state index contributed by atoms with van der Waals surface area (Å²) in [5, 5.41) is 21.0. The van der Waals surface area contributed by atoms with Crippen LogP contribution in [-0.4, -0.2) is 21.6 Å². The SMILES string of the molecule is C=C(C(=O)OC(C)(C)C)C(O)c1cc([N+](=O)[O-])ccc1Cl. The van der Waals surface area contributed by atoms with Crippen molar-refractivity contribution in [3.05, 3.63) is 51.1 Å². The largest absolute Gasteiger partial charge is 0.457 e. The number of nitro groups is 1. The lowest BCUT2D eigenvalue weighted by atomic mass is 10.0. The minimum absolute atomic E-state index is 0.0294. The summed E-state index contributed by atoms with van der Waals surface area (Å²) < 4.78 is 5.08. The van der Waals surface area contributed by atoms with Crippen molar-refractivity contribution in [1.82, 2.24) is 0 Å². The van der Waals surface area contributed by atoms with Gasteiger partial charge in [-0.05, 0) is 26.8 Å². The Morgan fingerprint density at radius 1 is 1.48 bits per heavy atom. The van der Waals surface area contributed by atoms with E-state index in [0.717, 1.165) is 6.07 Å². The molecule has 1 aromatic carbocycles. The lowest BCUT2D eigenvalue weighted by Crippen LogP contribution is -2.26. The number of benzene rings is 1. The zero-order valence-electron chi connectivity index (χ0n) is 11.9. The monoisotopic (exact) mass is 313 g/mol. The van der Waals surface area contributed by atoms with Gasteiger partial charge in [0.2, 0.25) is 0 Å². The molecule has 0 aliphatic rings. The van der Waals surface area contributed by atoms with Crippen LogP contribution in [0.2, 0.25) is 5.02 Å². The van der Waals surface area contributed by atoms with Gasteiger partial charge in [-0.15, -0.1) is 0 Å². The van der Waals surface area contributed by atoms with Gasteiger partial charge in [-0.2, -0.15) is 0 Å². The van der Waals surface area contributed by atoms with Gasteiger partial charge >= 0.3 is 5.97 Å². The molecule has 6 nitrogen and oxygen atoms in total. The molecule has 0 radical (unpaired) electrons. The number of ether oxygens (including phenoxy) is 1. The summed E-state index contributed by atoms with van der Waals surface area (Å²) in [4.78, 5) is 22.0.